The monoisotopic (exact) mass is 327 g/mol. The van der Waals surface area contributed by atoms with Crippen LogP contribution in [0.25, 0.3) is 0 Å². The molecular weight excluding hydrogens is 310 g/mol. The van der Waals surface area contributed by atoms with Gasteiger partial charge in [0, 0.05) is 5.56 Å². The number of hydrogen-bond acceptors (Lipinski definition) is 5. The van der Waals surface area contributed by atoms with Gasteiger partial charge < -0.3 is 14.8 Å². The standard InChI is InChI=1S/C18H17NO5/c1-23-16-10-6-5-9-14(16)18(22)19-11-17(21)24-12-15(20)13-7-3-2-4-8-13/h2-10H,11-12H2,1H3,(H,19,22). The van der Waals surface area contributed by atoms with Gasteiger partial charge in [-0.3, -0.25) is 14.4 Å². The van der Waals surface area contributed by atoms with Gasteiger partial charge in [-0.15, -0.1) is 0 Å². The first-order valence-electron chi connectivity index (χ1n) is 7.27. The Morgan fingerprint density at radius 1 is 0.958 bits per heavy atom. The van der Waals surface area contributed by atoms with Crippen LogP contribution in [-0.2, 0) is 9.53 Å². The summed E-state index contributed by atoms with van der Waals surface area (Å²) in [4.78, 5) is 35.5. The molecule has 0 unspecified atom stereocenters. The quantitative estimate of drug-likeness (QED) is 0.620. The second-order valence-electron chi connectivity index (χ2n) is 4.83. The molecule has 0 aliphatic rings. The third-order valence-corrected chi connectivity index (χ3v) is 3.20. The summed E-state index contributed by atoms with van der Waals surface area (Å²) in [5, 5.41) is 2.43. The van der Waals surface area contributed by atoms with Crippen LogP contribution in [0.5, 0.6) is 5.75 Å². The molecular formula is C18H17NO5. The maximum atomic E-state index is 12.0. The number of Topliss-reactive ketones (excluding diaryl/α,β-unsaturated/α-hetero) is 1. The minimum Gasteiger partial charge on any atom is -0.496 e. The molecule has 1 amide bonds. The van der Waals surface area contributed by atoms with Gasteiger partial charge in [0.15, 0.2) is 12.4 Å². The van der Waals surface area contributed by atoms with Gasteiger partial charge in [-0.25, -0.2) is 0 Å². The summed E-state index contributed by atoms with van der Waals surface area (Å²) in [6, 6.07) is 15.2. The van der Waals surface area contributed by atoms with Crippen LogP contribution in [0.15, 0.2) is 54.6 Å². The van der Waals surface area contributed by atoms with Crippen LogP contribution in [0, 0.1) is 0 Å². The molecule has 0 aliphatic carbocycles. The van der Waals surface area contributed by atoms with Gasteiger partial charge in [0.25, 0.3) is 5.91 Å². The summed E-state index contributed by atoms with van der Waals surface area (Å²) in [6.07, 6.45) is 0. The lowest BCUT2D eigenvalue weighted by Gasteiger charge is -2.09. The molecule has 124 valence electrons. The molecule has 6 heteroatoms. The first kappa shape index (κ1) is 17.2. The molecule has 0 saturated heterocycles. The van der Waals surface area contributed by atoms with Crippen molar-refractivity contribution in [2.45, 2.75) is 0 Å². The molecule has 0 aromatic heterocycles. The van der Waals surface area contributed by atoms with E-state index in [9.17, 15) is 14.4 Å². The zero-order chi connectivity index (χ0) is 17.4. The molecule has 2 rings (SSSR count). The van der Waals surface area contributed by atoms with Crippen LogP contribution in [0.4, 0.5) is 0 Å². The van der Waals surface area contributed by atoms with E-state index in [1.807, 2.05) is 0 Å². The molecule has 1 N–H and O–H groups in total. The fourth-order valence-electron chi connectivity index (χ4n) is 1.98. The Labute approximate surface area is 139 Å². The Morgan fingerprint density at radius 2 is 1.62 bits per heavy atom. The van der Waals surface area contributed by atoms with E-state index in [0.717, 1.165) is 0 Å². The molecule has 0 saturated carbocycles. The number of benzene rings is 2. The highest BCUT2D eigenvalue weighted by atomic mass is 16.5. The number of ether oxygens (including phenoxy) is 2. The molecule has 0 radical (unpaired) electrons. The maximum Gasteiger partial charge on any atom is 0.325 e. The highest BCUT2D eigenvalue weighted by Gasteiger charge is 2.14. The van der Waals surface area contributed by atoms with Crippen molar-refractivity contribution in [1.29, 1.82) is 0 Å². The topological polar surface area (TPSA) is 81.7 Å². The summed E-state index contributed by atoms with van der Waals surface area (Å²) in [5.74, 6) is -1.05. The number of nitrogens with one attached hydrogen (secondary N) is 1. The third-order valence-electron chi connectivity index (χ3n) is 3.20. The van der Waals surface area contributed by atoms with Crippen molar-refractivity contribution >= 4 is 17.7 Å². The lowest BCUT2D eigenvalue weighted by molar-refractivity contribution is -0.141. The van der Waals surface area contributed by atoms with Crippen LogP contribution < -0.4 is 10.1 Å². The zero-order valence-electron chi connectivity index (χ0n) is 13.2. The number of carbonyl (C=O) groups is 3. The van der Waals surface area contributed by atoms with Crippen molar-refractivity contribution in [3.63, 3.8) is 0 Å². The van der Waals surface area contributed by atoms with Gasteiger partial charge in [0.1, 0.15) is 12.3 Å². The molecule has 0 fully saturated rings. The largest absolute Gasteiger partial charge is 0.496 e. The SMILES string of the molecule is COc1ccccc1C(=O)NCC(=O)OCC(=O)c1ccccc1. The third kappa shape index (κ3) is 4.67. The van der Waals surface area contributed by atoms with Crippen molar-refractivity contribution in [2.24, 2.45) is 0 Å². The highest BCUT2D eigenvalue weighted by Crippen LogP contribution is 2.16. The van der Waals surface area contributed by atoms with Crippen molar-refractivity contribution in [1.82, 2.24) is 5.32 Å². The van der Waals surface area contributed by atoms with Crippen molar-refractivity contribution in [3.8, 4) is 5.75 Å². The van der Waals surface area contributed by atoms with E-state index >= 15 is 0 Å². The van der Waals surface area contributed by atoms with Crippen molar-refractivity contribution in [2.75, 3.05) is 20.3 Å². The van der Waals surface area contributed by atoms with Crippen LogP contribution >= 0.6 is 0 Å². The maximum absolute atomic E-state index is 12.0. The van der Waals surface area contributed by atoms with Gasteiger partial charge in [-0.05, 0) is 12.1 Å². The molecule has 6 nitrogen and oxygen atoms in total. The summed E-state index contributed by atoms with van der Waals surface area (Å²) < 4.78 is 9.95. The normalized spacial score (nSPS) is 9.88. The van der Waals surface area contributed by atoms with Crippen molar-refractivity contribution < 1.29 is 23.9 Å². The lowest BCUT2D eigenvalue weighted by Crippen LogP contribution is -2.31. The zero-order valence-corrected chi connectivity index (χ0v) is 13.2. The fourth-order valence-corrected chi connectivity index (χ4v) is 1.98. The average Bonchev–Trinajstić information content (AvgIpc) is 2.64. The Balaban J connectivity index is 1.81. The molecule has 0 atom stereocenters. The first-order valence-corrected chi connectivity index (χ1v) is 7.27. The van der Waals surface area contributed by atoms with Gasteiger partial charge in [0.2, 0.25) is 0 Å². The van der Waals surface area contributed by atoms with Crippen LogP contribution in [-0.4, -0.2) is 37.9 Å². The summed E-state index contributed by atoms with van der Waals surface area (Å²) in [6.45, 7) is -0.702. The minimum atomic E-state index is -0.692. The average molecular weight is 327 g/mol. The second kappa shape index (κ2) is 8.47. The second-order valence-corrected chi connectivity index (χ2v) is 4.83. The van der Waals surface area contributed by atoms with Gasteiger partial charge in [0.05, 0.1) is 12.7 Å². The number of hydrogen-bond donors (Lipinski definition) is 1. The predicted octanol–water partition coefficient (Wildman–Crippen LogP) is 1.85. The van der Waals surface area contributed by atoms with Gasteiger partial charge in [-0.1, -0.05) is 42.5 Å². The van der Waals surface area contributed by atoms with E-state index in [1.54, 1.807) is 54.6 Å². The number of esters is 1. The molecule has 0 aliphatic heterocycles. The van der Waals surface area contributed by atoms with Crippen LogP contribution in [0.1, 0.15) is 20.7 Å². The van der Waals surface area contributed by atoms with Gasteiger partial charge in [-0.2, -0.15) is 0 Å². The smallest absolute Gasteiger partial charge is 0.325 e. The van der Waals surface area contributed by atoms with E-state index in [4.69, 9.17) is 9.47 Å². The van der Waals surface area contributed by atoms with Crippen LogP contribution in [0.2, 0.25) is 0 Å². The molecule has 2 aromatic rings. The Hall–Kier alpha value is -3.15. The highest BCUT2D eigenvalue weighted by molar-refractivity contribution is 5.99. The summed E-state index contributed by atoms with van der Waals surface area (Å²) in [7, 11) is 1.45. The summed E-state index contributed by atoms with van der Waals surface area (Å²) >= 11 is 0. The van der Waals surface area contributed by atoms with E-state index in [-0.39, 0.29) is 18.9 Å². The van der Waals surface area contributed by atoms with E-state index in [0.29, 0.717) is 16.9 Å². The Kier molecular flexibility index (Phi) is 6.08. The number of methoxy groups -OCH3 is 1. The van der Waals surface area contributed by atoms with E-state index in [1.165, 1.54) is 7.11 Å². The Morgan fingerprint density at radius 3 is 2.33 bits per heavy atom. The number of para-hydroxylation sites is 1. The summed E-state index contributed by atoms with van der Waals surface area (Å²) in [5.41, 5.74) is 0.775. The molecule has 0 spiro atoms. The number of rotatable bonds is 7. The minimum absolute atomic E-state index is 0.306. The first-order chi connectivity index (χ1) is 11.6. The number of carbonyl (C=O) groups excluding carboxylic acids is 3. The molecule has 0 heterocycles. The molecule has 24 heavy (non-hydrogen) atoms. The number of amides is 1. The number of ketones is 1. The lowest BCUT2D eigenvalue weighted by atomic mass is 10.1. The molecule has 2 aromatic carbocycles. The van der Waals surface area contributed by atoms with Crippen LogP contribution in [0.3, 0.4) is 0 Å². The fraction of sp³-hybridized carbons (Fsp3) is 0.167. The Bertz CT molecular complexity index is 727. The molecule has 0 bridgehead atoms. The van der Waals surface area contributed by atoms with E-state index < -0.39 is 11.9 Å². The van der Waals surface area contributed by atoms with Crippen molar-refractivity contribution in [3.05, 3.63) is 65.7 Å². The van der Waals surface area contributed by atoms with Gasteiger partial charge >= 0.3 is 5.97 Å². The predicted molar refractivity (Wildman–Crippen MR) is 87.1 cm³/mol. The van der Waals surface area contributed by atoms with E-state index in [2.05, 4.69) is 5.32 Å².